The van der Waals surface area contributed by atoms with Gasteiger partial charge in [-0.1, -0.05) is 0 Å². The molecule has 0 amide bonds. The van der Waals surface area contributed by atoms with Crippen molar-refractivity contribution in [3.05, 3.63) is 34.6 Å². The summed E-state index contributed by atoms with van der Waals surface area (Å²) in [6, 6.07) is 0. The van der Waals surface area contributed by atoms with E-state index in [-0.39, 0.29) is 5.11 Å². The molecule has 0 radical (unpaired) electrons. The number of rotatable bonds is 2. The zero-order valence-corrected chi connectivity index (χ0v) is 9.64. The molecule has 0 heterocycles. The molecule has 0 bridgehead atoms. The monoisotopic (exact) mass is 283 g/mol. The highest BCUT2D eigenvalue weighted by Gasteiger charge is 2.24. The second-order valence-corrected chi connectivity index (χ2v) is 3.34. The van der Waals surface area contributed by atoms with E-state index in [1.54, 1.807) is 0 Å². The third-order valence-corrected chi connectivity index (χ3v) is 2.13. The topological polar surface area (TPSA) is 36.4 Å². The van der Waals surface area contributed by atoms with Crippen molar-refractivity contribution >= 4 is 23.5 Å². The molecule has 0 unspecified atom stereocenters. The maximum Gasteiger partial charge on any atom is 0.200 e. The second-order valence-electron chi connectivity index (χ2n) is 2.93. The van der Waals surface area contributed by atoms with Crippen LogP contribution in [0.4, 0.5) is 22.0 Å². The number of benzene rings is 1. The molecule has 18 heavy (non-hydrogen) atoms. The van der Waals surface area contributed by atoms with E-state index in [0.29, 0.717) is 6.21 Å². The van der Waals surface area contributed by atoms with Crippen LogP contribution >= 0.6 is 12.2 Å². The first-order chi connectivity index (χ1) is 8.40. The minimum absolute atomic E-state index is 0.00937. The summed E-state index contributed by atoms with van der Waals surface area (Å²) in [5, 5.41) is 5.66. The average molecular weight is 283 g/mol. The second kappa shape index (κ2) is 5.71. The maximum absolute atomic E-state index is 13.1. The summed E-state index contributed by atoms with van der Waals surface area (Å²) in [4.78, 5) is 0. The quantitative estimate of drug-likeness (QED) is 0.217. The largest absolute Gasteiger partial charge is 0.364 e. The zero-order valence-electron chi connectivity index (χ0n) is 8.82. The van der Waals surface area contributed by atoms with E-state index < -0.39 is 34.6 Å². The van der Waals surface area contributed by atoms with Gasteiger partial charge in [0, 0.05) is 7.05 Å². The molecule has 3 nitrogen and oxygen atoms in total. The molecule has 0 aliphatic carbocycles. The lowest BCUT2D eigenvalue weighted by Gasteiger charge is -2.04. The standard InChI is InChI=1S/C9H6F5N3S/c1-15-9(18)17-16-2-3-4(10)6(12)8(14)7(13)5(3)11/h2H,1H3,(H2,15,17,18). The molecule has 0 aliphatic heterocycles. The lowest BCUT2D eigenvalue weighted by molar-refractivity contribution is 0.377. The summed E-state index contributed by atoms with van der Waals surface area (Å²) in [5.41, 5.74) is 0.952. The van der Waals surface area contributed by atoms with Crippen molar-refractivity contribution in [1.29, 1.82) is 0 Å². The van der Waals surface area contributed by atoms with E-state index in [1.807, 2.05) is 0 Å². The van der Waals surface area contributed by atoms with Crippen molar-refractivity contribution in [2.75, 3.05) is 7.05 Å². The Balaban J connectivity index is 3.14. The molecule has 2 N–H and O–H groups in total. The molecule has 0 aliphatic rings. The Kier molecular flexibility index (Phi) is 4.54. The molecule has 0 aromatic heterocycles. The normalized spacial score (nSPS) is 10.8. The summed E-state index contributed by atoms with van der Waals surface area (Å²) in [7, 11) is 1.45. The zero-order chi connectivity index (χ0) is 13.9. The third kappa shape index (κ3) is 2.73. The Labute approximate surface area is 104 Å². The number of thiocarbonyl (C=S) groups is 1. The van der Waals surface area contributed by atoms with E-state index >= 15 is 0 Å². The smallest absolute Gasteiger partial charge is 0.200 e. The fourth-order valence-electron chi connectivity index (χ4n) is 0.947. The molecule has 0 spiro atoms. The third-order valence-electron chi connectivity index (χ3n) is 1.83. The van der Waals surface area contributed by atoms with Gasteiger partial charge in [0.25, 0.3) is 0 Å². The molecular weight excluding hydrogens is 277 g/mol. The Hall–Kier alpha value is -1.77. The summed E-state index contributed by atoms with van der Waals surface area (Å²) in [6.07, 6.45) is 0.444. The molecular formula is C9H6F5N3S. The summed E-state index contributed by atoms with van der Waals surface area (Å²) in [5.74, 6) is -10.2. The number of nitrogens with one attached hydrogen (secondary N) is 2. The van der Waals surface area contributed by atoms with Crippen LogP contribution in [0.3, 0.4) is 0 Å². The van der Waals surface area contributed by atoms with Gasteiger partial charge in [-0.2, -0.15) is 5.10 Å². The van der Waals surface area contributed by atoms with Gasteiger partial charge in [-0.25, -0.2) is 22.0 Å². The number of nitrogens with zero attached hydrogens (tertiary/aromatic N) is 1. The highest BCUT2D eigenvalue weighted by molar-refractivity contribution is 7.80. The van der Waals surface area contributed by atoms with Gasteiger partial charge >= 0.3 is 0 Å². The Morgan fingerprint density at radius 1 is 1.00 bits per heavy atom. The maximum atomic E-state index is 13.1. The van der Waals surface area contributed by atoms with Crippen molar-refractivity contribution < 1.29 is 22.0 Å². The molecule has 0 atom stereocenters. The minimum Gasteiger partial charge on any atom is -0.364 e. The Morgan fingerprint density at radius 2 is 1.44 bits per heavy atom. The van der Waals surface area contributed by atoms with Gasteiger partial charge in [-0.3, -0.25) is 5.43 Å². The van der Waals surface area contributed by atoms with Crippen molar-refractivity contribution in [2.45, 2.75) is 0 Å². The van der Waals surface area contributed by atoms with Crippen molar-refractivity contribution in [3.8, 4) is 0 Å². The predicted molar refractivity (Wildman–Crippen MR) is 58.6 cm³/mol. The molecule has 0 saturated heterocycles. The van der Waals surface area contributed by atoms with Gasteiger partial charge in [0.1, 0.15) is 0 Å². The molecule has 0 saturated carbocycles. The first kappa shape index (κ1) is 14.3. The van der Waals surface area contributed by atoms with Crippen molar-refractivity contribution in [3.63, 3.8) is 0 Å². The van der Waals surface area contributed by atoms with Crippen LogP contribution in [-0.4, -0.2) is 18.4 Å². The summed E-state index contributed by atoms with van der Waals surface area (Å²) in [6.45, 7) is 0. The van der Waals surface area contributed by atoms with E-state index in [4.69, 9.17) is 0 Å². The van der Waals surface area contributed by atoms with Gasteiger partial charge in [0.05, 0.1) is 11.8 Å². The molecule has 1 aromatic rings. The van der Waals surface area contributed by atoms with Gasteiger partial charge in [0.2, 0.25) is 5.82 Å². The number of hydrogen-bond acceptors (Lipinski definition) is 2. The SMILES string of the molecule is CNC(=S)NN=Cc1c(F)c(F)c(F)c(F)c1F. The number of hydrogen-bond donors (Lipinski definition) is 2. The van der Waals surface area contributed by atoms with Crippen LogP contribution in [0.25, 0.3) is 0 Å². The van der Waals surface area contributed by atoms with Gasteiger partial charge in [-0.05, 0) is 12.2 Å². The van der Waals surface area contributed by atoms with Crippen molar-refractivity contribution in [1.82, 2.24) is 10.7 Å². The van der Waals surface area contributed by atoms with Crippen LogP contribution in [0.2, 0.25) is 0 Å². The fourth-order valence-corrected chi connectivity index (χ4v) is 0.999. The molecule has 98 valence electrons. The summed E-state index contributed by atoms with van der Waals surface area (Å²) >= 11 is 4.58. The number of halogens is 5. The average Bonchev–Trinajstić information content (AvgIpc) is 2.37. The van der Waals surface area contributed by atoms with Gasteiger partial charge in [-0.15, -0.1) is 0 Å². The van der Waals surface area contributed by atoms with Crippen LogP contribution in [0, 0.1) is 29.1 Å². The lowest BCUT2D eigenvalue weighted by atomic mass is 10.2. The summed E-state index contributed by atoms with van der Waals surface area (Å²) < 4.78 is 64.5. The van der Waals surface area contributed by atoms with Crippen molar-refractivity contribution in [2.24, 2.45) is 5.10 Å². The first-order valence-electron chi connectivity index (χ1n) is 4.42. The van der Waals surface area contributed by atoms with Crippen LogP contribution in [0.15, 0.2) is 5.10 Å². The van der Waals surface area contributed by atoms with Gasteiger partial charge in [0.15, 0.2) is 28.4 Å². The molecule has 1 rings (SSSR count). The van der Waals surface area contributed by atoms with Crippen LogP contribution in [0.5, 0.6) is 0 Å². The van der Waals surface area contributed by atoms with E-state index in [1.165, 1.54) is 7.05 Å². The van der Waals surface area contributed by atoms with E-state index in [2.05, 4.69) is 28.1 Å². The van der Waals surface area contributed by atoms with E-state index in [0.717, 1.165) is 0 Å². The first-order valence-corrected chi connectivity index (χ1v) is 4.83. The molecule has 0 fully saturated rings. The highest BCUT2D eigenvalue weighted by Crippen LogP contribution is 2.21. The van der Waals surface area contributed by atoms with Crippen LogP contribution in [-0.2, 0) is 0 Å². The molecule has 1 aromatic carbocycles. The minimum atomic E-state index is -2.22. The van der Waals surface area contributed by atoms with Gasteiger partial charge < -0.3 is 5.32 Å². The fraction of sp³-hybridized carbons (Fsp3) is 0.111. The highest BCUT2D eigenvalue weighted by atomic mass is 32.1. The Morgan fingerprint density at radius 3 is 1.89 bits per heavy atom. The lowest BCUT2D eigenvalue weighted by Crippen LogP contribution is -2.28. The molecule has 9 heteroatoms. The van der Waals surface area contributed by atoms with Crippen LogP contribution in [0.1, 0.15) is 5.56 Å². The van der Waals surface area contributed by atoms with Crippen LogP contribution < -0.4 is 10.7 Å². The predicted octanol–water partition coefficient (Wildman–Crippen LogP) is 1.81. The van der Waals surface area contributed by atoms with E-state index in [9.17, 15) is 22.0 Å². The number of hydrazone groups is 1. The Bertz CT molecular complexity index is 488.